The van der Waals surface area contributed by atoms with E-state index < -0.39 is 17.5 Å². The molecule has 3 aromatic rings. The number of methoxy groups -OCH3 is 1. The van der Waals surface area contributed by atoms with Crippen LogP contribution in [0.5, 0.6) is 5.75 Å². The highest BCUT2D eigenvalue weighted by Gasteiger charge is 2.53. The van der Waals surface area contributed by atoms with E-state index in [0.717, 1.165) is 17.5 Å². The second-order valence-electron chi connectivity index (χ2n) is 7.69. The van der Waals surface area contributed by atoms with Crippen molar-refractivity contribution in [2.45, 2.75) is 25.4 Å². The number of pyridine rings is 1. The summed E-state index contributed by atoms with van der Waals surface area (Å²) in [6, 6.07) is 8.14. The molecule has 2 N–H and O–H groups in total. The van der Waals surface area contributed by atoms with E-state index >= 15 is 0 Å². The molecule has 2 aliphatic rings. The van der Waals surface area contributed by atoms with E-state index in [1.807, 2.05) is 19.1 Å². The molecule has 0 unspecified atom stereocenters. The molecular formula is C22H20N4O5. The first-order valence-electron chi connectivity index (χ1n) is 9.92. The van der Waals surface area contributed by atoms with Crippen molar-refractivity contribution in [3.63, 3.8) is 0 Å². The molecule has 1 fully saturated rings. The van der Waals surface area contributed by atoms with E-state index in [9.17, 15) is 14.4 Å². The van der Waals surface area contributed by atoms with E-state index in [0.29, 0.717) is 29.0 Å². The maximum Gasteiger partial charge on any atom is 0.322 e. The van der Waals surface area contributed by atoms with Crippen LogP contribution in [0.15, 0.2) is 40.9 Å². The zero-order chi connectivity index (χ0) is 21.8. The third-order valence-corrected chi connectivity index (χ3v) is 5.82. The molecule has 5 rings (SSSR count). The highest BCUT2D eigenvalue weighted by molar-refractivity contribution is 6.08. The SMILES string of the molecule is CCc1cnc2cc([C@]3(CN4Cc5ccc(OC)cc5C4=O)NC(=O)NC3=O)oc2c1. The number of hydrogen-bond acceptors (Lipinski definition) is 6. The molecular weight excluding hydrogens is 400 g/mol. The highest BCUT2D eigenvalue weighted by Crippen LogP contribution is 2.34. The van der Waals surface area contributed by atoms with Crippen molar-refractivity contribution in [1.29, 1.82) is 0 Å². The Hall–Kier alpha value is -3.88. The van der Waals surface area contributed by atoms with E-state index in [1.165, 1.54) is 12.0 Å². The van der Waals surface area contributed by atoms with Crippen molar-refractivity contribution in [3.8, 4) is 5.75 Å². The van der Waals surface area contributed by atoms with Crippen molar-refractivity contribution in [2.75, 3.05) is 13.7 Å². The first-order valence-corrected chi connectivity index (χ1v) is 9.92. The number of carbonyl (C=O) groups is 3. The summed E-state index contributed by atoms with van der Waals surface area (Å²) in [5.74, 6) is -0.0167. The molecule has 1 atom stereocenters. The van der Waals surface area contributed by atoms with Gasteiger partial charge in [-0.1, -0.05) is 13.0 Å². The summed E-state index contributed by atoms with van der Waals surface area (Å²) in [7, 11) is 1.53. The second-order valence-corrected chi connectivity index (χ2v) is 7.69. The number of fused-ring (bicyclic) bond motifs is 2. The number of aryl methyl sites for hydroxylation is 1. The zero-order valence-electron chi connectivity index (χ0n) is 17.0. The normalized spacial score (nSPS) is 20.2. The lowest BCUT2D eigenvalue weighted by atomic mass is 9.95. The average Bonchev–Trinajstić information content (AvgIpc) is 3.41. The summed E-state index contributed by atoms with van der Waals surface area (Å²) in [5.41, 5.74) is 1.86. The Morgan fingerprint density at radius 2 is 2.06 bits per heavy atom. The summed E-state index contributed by atoms with van der Waals surface area (Å²) in [6.45, 7) is 2.23. The van der Waals surface area contributed by atoms with Crippen molar-refractivity contribution >= 4 is 28.9 Å². The van der Waals surface area contributed by atoms with Crippen LogP contribution >= 0.6 is 0 Å². The molecule has 1 aromatic carbocycles. The largest absolute Gasteiger partial charge is 0.497 e. The van der Waals surface area contributed by atoms with Crippen LogP contribution in [0.3, 0.4) is 0 Å². The fourth-order valence-corrected chi connectivity index (χ4v) is 4.10. The number of carbonyl (C=O) groups excluding carboxylic acids is 3. The summed E-state index contributed by atoms with van der Waals surface area (Å²) in [5, 5.41) is 4.95. The topological polar surface area (TPSA) is 114 Å². The molecule has 9 heteroatoms. The Morgan fingerprint density at radius 1 is 1.23 bits per heavy atom. The van der Waals surface area contributed by atoms with Gasteiger partial charge in [-0.2, -0.15) is 0 Å². The summed E-state index contributed by atoms with van der Waals surface area (Å²) >= 11 is 0. The van der Waals surface area contributed by atoms with Gasteiger partial charge in [-0.3, -0.25) is 19.9 Å². The van der Waals surface area contributed by atoms with Gasteiger partial charge in [0.05, 0.1) is 13.7 Å². The van der Waals surface area contributed by atoms with Gasteiger partial charge < -0.3 is 19.4 Å². The zero-order valence-corrected chi connectivity index (χ0v) is 17.0. The number of urea groups is 1. The van der Waals surface area contributed by atoms with Crippen molar-refractivity contribution < 1.29 is 23.5 Å². The van der Waals surface area contributed by atoms with Crippen LogP contribution in [-0.2, 0) is 23.3 Å². The first kappa shape index (κ1) is 19.1. The number of nitrogens with one attached hydrogen (secondary N) is 2. The lowest BCUT2D eigenvalue weighted by molar-refractivity contribution is -0.125. The molecule has 0 radical (unpaired) electrons. The lowest BCUT2D eigenvalue weighted by Gasteiger charge is -2.28. The van der Waals surface area contributed by atoms with Crippen LogP contribution < -0.4 is 15.4 Å². The minimum Gasteiger partial charge on any atom is -0.497 e. The number of nitrogens with zero attached hydrogens (tertiary/aromatic N) is 2. The van der Waals surface area contributed by atoms with Gasteiger partial charge in [0.1, 0.15) is 17.0 Å². The van der Waals surface area contributed by atoms with Gasteiger partial charge in [0.15, 0.2) is 11.1 Å². The van der Waals surface area contributed by atoms with Crippen LogP contribution in [0.4, 0.5) is 4.79 Å². The first-order chi connectivity index (χ1) is 14.9. The van der Waals surface area contributed by atoms with Gasteiger partial charge in [0.2, 0.25) is 0 Å². The van der Waals surface area contributed by atoms with Gasteiger partial charge in [-0.05, 0) is 35.7 Å². The number of ether oxygens (including phenoxy) is 1. The molecule has 0 saturated carbocycles. The predicted molar refractivity (Wildman–Crippen MR) is 109 cm³/mol. The minimum atomic E-state index is -1.55. The molecule has 31 heavy (non-hydrogen) atoms. The molecule has 0 bridgehead atoms. The number of benzene rings is 1. The summed E-state index contributed by atoms with van der Waals surface area (Å²) < 4.78 is 11.2. The molecule has 4 amide bonds. The quantitative estimate of drug-likeness (QED) is 0.611. The molecule has 0 spiro atoms. The van der Waals surface area contributed by atoms with E-state index in [1.54, 1.807) is 24.4 Å². The van der Waals surface area contributed by atoms with E-state index in [2.05, 4.69) is 15.6 Å². The number of rotatable bonds is 5. The number of imide groups is 1. The lowest BCUT2D eigenvalue weighted by Crippen LogP contribution is -2.52. The molecule has 158 valence electrons. The average molecular weight is 420 g/mol. The Balaban J connectivity index is 1.54. The van der Waals surface area contributed by atoms with Crippen LogP contribution in [-0.4, -0.2) is 41.4 Å². The number of furan rings is 1. The summed E-state index contributed by atoms with van der Waals surface area (Å²) in [4.78, 5) is 44.0. The maximum atomic E-state index is 13.1. The molecule has 9 nitrogen and oxygen atoms in total. The number of amides is 4. The fraction of sp³-hybridized carbons (Fsp3) is 0.273. The Kier molecular flexibility index (Phi) is 4.21. The van der Waals surface area contributed by atoms with Crippen LogP contribution in [0, 0.1) is 0 Å². The van der Waals surface area contributed by atoms with Crippen LogP contribution in [0.1, 0.15) is 34.2 Å². The van der Waals surface area contributed by atoms with Crippen molar-refractivity contribution in [3.05, 3.63) is 59.0 Å². The van der Waals surface area contributed by atoms with Crippen LogP contribution in [0.2, 0.25) is 0 Å². The maximum absolute atomic E-state index is 13.1. The summed E-state index contributed by atoms with van der Waals surface area (Å²) in [6.07, 6.45) is 2.53. The third kappa shape index (κ3) is 2.92. The van der Waals surface area contributed by atoms with Gasteiger partial charge in [-0.25, -0.2) is 4.79 Å². The van der Waals surface area contributed by atoms with Gasteiger partial charge in [-0.15, -0.1) is 0 Å². The smallest absolute Gasteiger partial charge is 0.322 e. The molecule has 4 heterocycles. The Labute approximate surface area is 177 Å². The van der Waals surface area contributed by atoms with Gasteiger partial charge >= 0.3 is 6.03 Å². The predicted octanol–water partition coefficient (Wildman–Crippen LogP) is 2.09. The van der Waals surface area contributed by atoms with Gasteiger partial charge in [0.25, 0.3) is 11.8 Å². The Bertz CT molecular complexity index is 1250. The third-order valence-electron chi connectivity index (χ3n) is 5.82. The van der Waals surface area contributed by atoms with E-state index in [-0.39, 0.29) is 18.2 Å². The molecule has 2 aliphatic heterocycles. The fourth-order valence-electron chi connectivity index (χ4n) is 4.10. The number of hydrogen-bond donors (Lipinski definition) is 2. The standard InChI is InChI=1S/C22H20N4O5/c1-3-12-6-17-16(23-9-12)8-18(31-17)22(20(28)24-21(29)25-22)11-26-10-13-4-5-14(30-2)7-15(13)19(26)27/h4-9H,3,10-11H2,1-2H3,(H2,24,25,28,29)/t22-/m0/s1. The minimum absolute atomic E-state index is 0.0825. The molecule has 1 saturated heterocycles. The number of aromatic nitrogens is 1. The monoisotopic (exact) mass is 420 g/mol. The van der Waals surface area contributed by atoms with Crippen molar-refractivity contribution in [1.82, 2.24) is 20.5 Å². The van der Waals surface area contributed by atoms with Crippen molar-refractivity contribution in [2.24, 2.45) is 0 Å². The molecule has 2 aromatic heterocycles. The Morgan fingerprint density at radius 3 is 2.77 bits per heavy atom. The second kappa shape index (κ2) is 6.83. The van der Waals surface area contributed by atoms with E-state index in [4.69, 9.17) is 9.15 Å². The highest BCUT2D eigenvalue weighted by atomic mass is 16.5. The van der Waals surface area contributed by atoms with Crippen LogP contribution in [0.25, 0.3) is 11.1 Å². The molecule has 0 aliphatic carbocycles. The van der Waals surface area contributed by atoms with Gasteiger partial charge in [0, 0.05) is 24.4 Å².